The summed E-state index contributed by atoms with van der Waals surface area (Å²) in [5, 5.41) is 0.833. The maximum Gasteiger partial charge on any atom is 0.372 e. The van der Waals surface area contributed by atoms with Gasteiger partial charge >= 0.3 is 12.0 Å². The van der Waals surface area contributed by atoms with Crippen molar-refractivity contribution in [2.45, 2.75) is 116 Å². The standard InChI is InChI=1S/C18H37Cl3Si.C6H5Cl3Si/c1-2-3-4-5-6-7-8-9-10-11-12-13-14-15-16-17-18-22(19,20)21;7-10(8,9)6-4-2-1-3-5-6/h2-18H2,1H3;1-5H. The SMILES string of the molecule is CCCCCCCCCCCCCCCCCC[Si](Cl)(Cl)Cl.Cl[Si](Cl)(Cl)c1ccccc1. The molecule has 0 bridgehead atoms. The lowest BCUT2D eigenvalue weighted by atomic mass is 10.0. The van der Waals surface area contributed by atoms with E-state index in [0.717, 1.165) is 17.7 Å². The van der Waals surface area contributed by atoms with Crippen molar-refractivity contribution in [2.75, 3.05) is 0 Å². The molecule has 0 radical (unpaired) electrons. The molecule has 0 atom stereocenters. The molecule has 0 nitrogen and oxygen atoms in total. The van der Waals surface area contributed by atoms with E-state index in [1.807, 2.05) is 30.3 Å². The molecular weight excluding hydrogens is 557 g/mol. The molecule has 0 N–H and O–H groups in total. The number of benzene rings is 1. The average molecular weight is 599 g/mol. The Morgan fingerprint density at radius 3 is 1.12 bits per heavy atom. The summed E-state index contributed by atoms with van der Waals surface area (Å²) in [5.74, 6) is 0. The van der Waals surface area contributed by atoms with Crippen LogP contribution in [0.1, 0.15) is 110 Å². The third-order valence-electron chi connectivity index (χ3n) is 5.41. The van der Waals surface area contributed by atoms with E-state index in [1.165, 1.54) is 96.3 Å². The first-order chi connectivity index (χ1) is 15.2. The normalized spacial score (nSPS) is 11.8. The highest BCUT2D eigenvalue weighted by Crippen LogP contribution is 2.27. The van der Waals surface area contributed by atoms with Crippen LogP contribution in [0.15, 0.2) is 30.3 Å². The van der Waals surface area contributed by atoms with Crippen LogP contribution in [0.2, 0.25) is 6.04 Å². The Labute approximate surface area is 228 Å². The van der Waals surface area contributed by atoms with Crippen LogP contribution in [-0.2, 0) is 0 Å². The summed E-state index contributed by atoms with van der Waals surface area (Å²) in [7, 11) is 0. The van der Waals surface area contributed by atoms with Gasteiger partial charge in [0.1, 0.15) is 0 Å². The summed E-state index contributed by atoms with van der Waals surface area (Å²) in [4.78, 5) is 0. The monoisotopic (exact) mass is 596 g/mol. The van der Waals surface area contributed by atoms with E-state index in [9.17, 15) is 0 Å². The molecule has 188 valence electrons. The Morgan fingerprint density at radius 2 is 0.844 bits per heavy atom. The van der Waals surface area contributed by atoms with Gasteiger partial charge in [0.15, 0.2) is 0 Å². The zero-order valence-corrected chi connectivity index (χ0v) is 26.2. The largest absolute Gasteiger partial charge is 0.372 e. The zero-order chi connectivity index (χ0) is 24.1. The summed E-state index contributed by atoms with van der Waals surface area (Å²) in [6.45, 7) is 2.28. The number of rotatable bonds is 18. The zero-order valence-electron chi connectivity index (χ0n) is 19.7. The van der Waals surface area contributed by atoms with Crippen LogP contribution in [0.4, 0.5) is 0 Å². The molecule has 0 aliphatic carbocycles. The number of halogens is 6. The molecule has 0 fully saturated rings. The number of unbranched alkanes of at least 4 members (excludes halogenated alkanes) is 15. The molecule has 1 aromatic carbocycles. The summed E-state index contributed by atoms with van der Waals surface area (Å²) in [5.41, 5.74) is 0. The molecule has 0 spiro atoms. The minimum atomic E-state index is -2.62. The fraction of sp³-hybridized carbons (Fsp3) is 0.750. The van der Waals surface area contributed by atoms with Crippen LogP contribution in [0, 0.1) is 0 Å². The Balaban J connectivity index is 0.000000792. The highest BCUT2D eigenvalue weighted by molar-refractivity contribution is 7.69. The van der Waals surface area contributed by atoms with Crippen molar-refractivity contribution in [3.63, 3.8) is 0 Å². The minimum Gasteiger partial charge on any atom is -0.126 e. The molecule has 0 aliphatic heterocycles. The molecule has 0 aliphatic rings. The van der Waals surface area contributed by atoms with Gasteiger partial charge in [-0.2, -0.15) is 0 Å². The van der Waals surface area contributed by atoms with E-state index in [1.54, 1.807) is 0 Å². The molecule has 0 aromatic heterocycles. The van der Waals surface area contributed by atoms with Crippen molar-refractivity contribution < 1.29 is 0 Å². The lowest BCUT2D eigenvalue weighted by Gasteiger charge is -2.07. The smallest absolute Gasteiger partial charge is 0.126 e. The summed E-state index contributed by atoms with van der Waals surface area (Å²) >= 11 is 34.8. The topological polar surface area (TPSA) is 0 Å². The molecule has 0 heterocycles. The lowest BCUT2D eigenvalue weighted by molar-refractivity contribution is 0.531. The number of hydrogen-bond acceptors (Lipinski definition) is 0. The second-order valence-corrected chi connectivity index (χ2v) is 26.2. The van der Waals surface area contributed by atoms with Gasteiger partial charge in [-0.3, -0.25) is 0 Å². The molecule has 32 heavy (non-hydrogen) atoms. The molecule has 0 amide bonds. The van der Waals surface area contributed by atoms with Gasteiger partial charge < -0.3 is 0 Å². The molecule has 1 rings (SSSR count). The molecular formula is C24H42Cl6Si2. The maximum atomic E-state index is 5.87. The van der Waals surface area contributed by atoms with E-state index in [4.69, 9.17) is 66.5 Å². The second kappa shape index (κ2) is 21.7. The first-order valence-electron chi connectivity index (χ1n) is 12.4. The van der Waals surface area contributed by atoms with Gasteiger partial charge in [0.25, 0.3) is 0 Å². The minimum absolute atomic E-state index is 0.829. The van der Waals surface area contributed by atoms with Gasteiger partial charge in [0, 0.05) is 0 Å². The van der Waals surface area contributed by atoms with Crippen molar-refractivity contribution in [3.8, 4) is 0 Å². The van der Waals surface area contributed by atoms with Gasteiger partial charge in [0.05, 0.1) is 0 Å². The van der Waals surface area contributed by atoms with Gasteiger partial charge in [-0.1, -0.05) is 140 Å². The predicted octanol–water partition coefficient (Wildman–Crippen LogP) is 11.5. The second-order valence-electron chi connectivity index (χ2n) is 8.53. The van der Waals surface area contributed by atoms with Crippen molar-refractivity contribution in [2.24, 2.45) is 0 Å². The molecule has 8 heteroatoms. The fourth-order valence-corrected chi connectivity index (χ4v) is 7.06. The van der Waals surface area contributed by atoms with E-state index in [-0.39, 0.29) is 0 Å². The highest BCUT2D eigenvalue weighted by atomic mass is 35.8. The third kappa shape index (κ3) is 24.5. The molecule has 0 saturated heterocycles. The van der Waals surface area contributed by atoms with E-state index < -0.39 is 12.0 Å². The van der Waals surface area contributed by atoms with Crippen molar-refractivity contribution >= 4 is 83.7 Å². The average Bonchev–Trinajstić information content (AvgIpc) is 2.73. The van der Waals surface area contributed by atoms with Crippen LogP contribution in [0.25, 0.3) is 0 Å². The summed E-state index contributed by atoms with van der Waals surface area (Å²) in [6.07, 6.45) is 22.2. The molecule has 1 aromatic rings. The first kappa shape index (κ1) is 33.4. The first-order valence-corrected chi connectivity index (χ1v) is 22.6. The summed E-state index contributed by atoms with van der Waals surface area (Å²) in [6, 6.07) is 5.16. The van der Waals surface area contributed by atoms with Gasteiger partial charge in [-0.25, -0.2) is 0 Å². The molecule has 0 unspecified atom stereocenters. The van der Waals surface area contributed by atoms with Gasteiger partial charge in [-0.05, 0) is 11.2 Å². The Bertz CT molecular complexity index is 517. The fourth-order valence-electron chi connectivity index (χ4n) is 3.50. The van der Waals surface area contributed by atoms with Crippen LogP contribution < -0.4 is 5.19 Å². The highest BCUT2D eigenvalue weighted by Gasteiger charge is 2.27. The Hall–Kier alpha value is 1.39. The Morgan fingerprint density at radius 1 is 0.500 bits per heavy atom. The molecule has 0 saturated carbocycles. The van der Waals surface area contributed by atoms with E-state index in [2.05, 4.69) is 6.92 Å². The van der Waals surface area contributed by atoms with Crippen LogP contribution in [0.5, 0.6) is 0 Å². The third-order valence-corrected chi connectivity index (χ3v) is 11.0. The van der Waals surface area contributed by atoms with Crippen molar-refractivity contribution in [1.29, 1.82) is 0 Å². The van der Waals surface area contributed by atoms with Crippen LogP contribution in [-0.4, -0.2) is 12.0 Å². The Kier molecular flexibility index (Phi) is 22.6. The van der Waals surface area contributed by atoms with Gasteiger partial charge in [-0.15, -0.1) is 66.5 Å². The van der Waals surface area contributed by atoms with E-state index >= 15 is 0 Å². The lowest BCUT2D eigenvalue weighted by Crippen LogP contribution is -2.29. The number of hydrogen-bond donors (Lipinski definition) is 0. The predicted molar refractivity (Wildman–Crippen MR) is 157 cm³/mol. The van der Waals surface area contributed by atoms with Crippen molar-refractivity contribution in [3.05, 3.63) is 30.3 Å². The maximum absolute atomic E-state index is 5.87. The van der Waals surface area contributed by atoms with E-state index in [0.29, 0.717) is 0 Å². The summed E-state index contributed by atoms with van der Waals surface area (Å²) < 4.78 is 0. The van der Waals surface area contributed by atoms with Crippen molar-refractivity contribution in [1.82, 2.24) is 0 Å². The van der Waals surface area contributed by atoms with Crippen LogP contribution in [0.3, 0.4) is 0 Å². The van der Waals surface area contributed by atoms with Gasteiger partial charge in [0.2, 0.25) is 0 Å². The van der Waals surface area contributed by atoms with Crippen LogP contribution >= 0.6 is 66.5 Å². The quantitative estimate of drug-likeness (QED) is 0.0895.